The van der Waals surface area contributed by atoms with Gasteiger partial charge in [0.05, 0.1) is 0 Å². The van der Waals surface area contributed by atoms with Gasteiger partial charge in [0.15, 0.2) is 11.6 Å². The lowest BCUT2D eigenvalue weighted by Gasteiger charge is -1.96. The van der Waals surface area contributed by atoms with Crippen LogP contribution in [0.2, 0.25) is 0 Å². The van der Waals surface area contributed by atoms with Crippen LogP contribution in [0.1, 0.15) is 31.3 Å². The van der Waals surface area contributed by atoms with Crippen molar-refractivity contribution in [3.63, 3.8) is 0 Å². The number of rotatable bonds is 2. The third kappa shape index (κ3) is 2.78. The summed E-state index contributed by atoms with van der Waals surface area (Å²) in [6.45, 7) is 5.28. The van der Waals surface area contributed by atoms with Crippen molar-refractivity contribution in [2.75, 3.05) is 0 Å². The van der Waals surface area contributed by atoms with E-state index >= 15 is 0 Å². The van der Waals surface area contributed by atoms with E-state index < -0.39 is 0 Å². The normalized spacial score (nSPS) is 9.46. The Morgan fingerprint density at radius 1 is 1.31 bits per heavy atom. The summed E-state index contributed by atoms with van der Waals surface area (Å²) >= 11 is 0. The van der Waals surface area contributed by atoms with Crippen LogP contribution in [-0.2, 0) is 0 Å². The van der Waals surface area contributed by atoms with Crippen LogP contribution < -0.4 is 0 Å². The molecule has 0 aromatic carbocycles. The Hall–Kier alpha value is -1.51. The number of aromatic nitrogens is 1. The number of hydrogen-bond donors (Lipinski definition) is 0. The standard InChI is InChI=1S/C10H12N2O/c1-7(2)11-10-6-4-5-9(12-10)8(3)13/h4-6H,1-3H3. The summed E-state index contributed by atoms with van der Waals surface area (Å²) < 4.78 is 0. The molecule has 0 aliphatic heterocycles. The molecule has 0 saturated carbocycles. The maximum absolute atomic E-state index is 11.0. The lowest BCUT2D eigenvalue weighted by molar-refractivity contribution is 0.101. The average molecular weight is 176 g/mol. The van der Waals surface area contributed by atoms with Gasteiger partial charge in [0.25, 0.3) is 0 Å². The average Bonchev–Trinajstić information content (AvgIpc) is 2.03. The zero-order chi connectivity index (χ0) is 9.84. The number of carbonyl (C=O) groups excluding carboxylic acids is 1. The van der Waals surface area contributed by atoms with Crippen LogP contribution in [0.25, 0.3) is 0 Å². The summed E-state index contributed by atoms with van der Waals surface area (Å²) in [4.78, 5) is 19.2. The summed E-state index contributed by atoms with van der Waals surface area (Å²) in [5.41, 5.74) is 1.38. The summed E-state index contributed by atoms with van der Waals surface area (Å²) in [6, 6.07) is 5.25. The van der Waals surface area contributed by atoms with Crippen molar-refractivity contribution < 1.29 is 4.79 Å². The van der Waals surface area contributed by atoms with Gasteiger partial charge in [-0.05, 0) is 26.0 Å². The van der Waals surface area contributed by atoms with Gasteiger partial charge in [-0.25, -0.2) is 9.98 Å². The summed E-state index contributed by atoms with van der Waals surface area (Å²) in [6.07, 6.45) is 0. The Labute approximate surface area is 77.5 Å². The van der Waals surface area contributed by atoms with E-state index in [1.807, 2.05) is 13.8 Å². The molecule has 1 rings (SSSR count). The molecule has 1 aromatic heterocycles. The second-order valence-electron chi connectivity index (χ2n) is 3.00. The summed E-state index contributed by atoms with van der Waals surface area (Å²) in [5, 5.41) is 0. The van der Waals surface area contributed by atoms with Crippen molar-refractivity contribution in [1.29, 1.82) is 0 Å². The van der Waals surface area contributed by atoms with Crippen LogP contribution in [0.5, 0.6) is 0 Å². The number of nitrogens with zero attached hydrogens (tertiary/aromatic N) is 2. The van der Waals surface area contributed by atoms with Gasteiger partial charge in [-0.15, -0.1) is 0 Å². The molecule has 1 aromatic rings. The Bertz CT molecular complexity index is 352. The Balaban J connectivity index is 3.06. The van der Waals surface area contributed by atoms with Gasteiger partial charge in [-0.1, -0.05) is 6.07 Å². The molecule has 0 amide bonds. The van der Waals surface area contributed by atoms with E-state index in [0.29, 0.717) is 11.5 Å². The Morgan fingerprint density at radius 3 is 2.54 bits per heavy atom. The fraction of sp³-hybridized carbons (Fsp3) is 0.300. The van der Waals surface area contributed by atoms with Gasteiger partial charge in [0.2, 0.25) is 0 Å². The first-order valence-electron chi connectivity index (χ1n) is 4.09. The molecule has 0 unspecified atom stereocenters. The Kier molecular flexibility index (Phi) is 2.90. The summed E-state index contributed by atoms with van der Waals surface area (Å²) in [7, 11) is 0. The van der Waals surface area contributed by atoms with Crippen LogP contribution in [0.4, 0.5) is 5.82 Å². The number of aliphatic imine (C=N–C) groups is 1. The monoisotopic (exact) mass is 176 g/mol. The van der Waals surface area contributed by atoms with E-state index in [1.165, 1.54) is 6.92 Å². The fourth-order valence-corrected chi connectivity index (χ4v) is 0.911. The van der Waals surface area contributed by atoms with Gasteiger partial charge in [0, 0.05) is 12.6 Å². The third-order valence-electron chi connectivity index (χ3n) is 1.43. The van der Waals surface area contributed by atoms with Crippen molar-refractivity contribution in [3.8, 4) is 0 Å². The first-order chi connectivity index (χ1) is 6.09. The minimum absolute atomic E-state index is 0.0363. The molecular weight excluding hydrogens is 164 g/mol. The second kappa shape index (κ2) is 3.94. The van der Waals surface area contributed by atoms with Crippen LogP contribution in [0.15, 0.2) is 23.2 Å². The number of carbonyl (C=O) groups is 1. The maximum Gasteiger partial charge on any atom is 0.178 e. The number of pyridine rings is 1. The van der Waals surface area contributed by atoms with Gasteiger partial charge < -0.3 is 0 Å². The van der Waals surface area contributed by atoms with Crippen molar-refractivity contribution in [1.82, 2.24) is 4.98 Å². The van der Waals surface area contributed by atoms with Crippen LogP contribution in [0, 0.1) is 0 Å². The molecule has 0 saturated heterocycles. The molecule has 0 bridgehead atoms. The predicted molar refractivity (Wildman–Crippen MR) is 52.7 cm³/mol. The van der Waals surface area contributed by atoms with E-state index in [0.717, 1.165) is 5.71 Å². The van der Waals surface area contributed by atoms with Gasteiger partial charge in [-0.2, -0.15) is 0 Å². The molecule has 0 radical (unpaired) electrons. The Morgan fingerprint density at radius 2 is 2.00 bits per heavy atom. The number of ketones is 1. The van der Waals surface area contributed by atoms with Crippen molar-refractivity contribution in [3.05, 3.63) is 23.9 Å². The molecule has 0 fully saturated rings. The van der Waals surface area contributed by atoms with E-state index in [2.05, 4.69) is 9.98 Å². The molecule has 3 nitrogen and oxygen atoms in total. The SMILES string of the molecule is CC(=O)c1cccc(N=C(C)C)n1. The molecule has 0 aliphatic carbocycles. The first-order valence-corrected chi connectivity index (χ1v) is 4.09. The number of hydrogen-bond acceptors (Lipinski definition) is 3. The quantitative estimate of drug-likeness (QED) is 0.513. The molecular formula is C10H12N2O. The van der Waals surface area contributed by atoms with Crippen LogP contribution >= 0.6 is 0 Å². The lowest BCUT2D eigenvalue weighted by atomic mass is 10.3. The zero-order valence-corrected chi connectivity index (χ0v) is 8.03. The highest BCUT2D eigenvalue weighted by molar-refractivity contribution is 5.92. The minimum Gasteiger partial charge on any atom is -0.293 e. The maximum atomic E-state index is 11.0. The summed E-state index contributed by atoms with van der Waals surface area (Å²) in [5.74, 6) is 0.554. The van der Waals surface area contributed by atoms with Gasteiger partial charge in [-0.3, -0.25) is 4.79 Å². The third-order valence-corrected chi connectivity index (χ3v) is 1.43. The largest absolute Gasteiger partial charge is 0.293 e. The molecule has 0 aliphatic rings. The highest BCUT2D eigenvalue weighted by Crippen LogP contribution is 2.09. The van der Waals surface area contributed by atoms with Crippen molar-refractivity contribution in [2.45, 2.75) is 20.8 Å². The van der Waals surface area contributed by atoms with E-state index in [9.17, 15) is 4.79 Å². The lowest BCUT2D eigenvalue weighted by Crippen LogP contribution is -1.95. The first kappa shape index (κ1) is 9.58. The zero-order valence-electron chi connectivity index (χ0n) is 8.03. The van der Waals surface area contributed by atoms with Crippen molar-refractivity contribution in [2.24, 2.45) is 4.99 Å². The van der Waals surface area contributed by atoms with E-state index in [-0.39, 0.29) is 5.78 Å². The molecule has 1 heterocycles. The van der Waals surface area contributed by atoms with Crippen LogP contribution in [-0.4, -0.2) is 16.5 Å². The molecule has 0 N–H and O–H groups in total. The molecule has 68 valence electrons. The molecule has 0 atom stereocenters. The predicted octanol–water partition coefficient (Wildman–Crippen LogP) is 2.40. The van der Waals surface area contributed by atoms with Gasteiger partial charge in [0.1, 0.15) is 5.69 Å². The van der Waals surface area contributed by atoms with Gasteiger partial charge >= 0.3 is 0 Å². The smallest absolute Gasteiger partial charge is 0.178 e. The number of Topliss-reactive ketones (excluding diaryl/α,β-unsaturated/α-hetero) is 1. The molecule has 0 spiro atoms. The molecule has 3 heteroatoms. The highest BCUT2D eigenvalue weighted by Gasteiger charge is 2.00. The van der Waals surface area contributed by atoms with E-state index in [4.69, 9.17) is 0 Å². The fourth-order valence-electron chi connectivity index (χ4n) is 0.911. The van der Waals surface area contributed by atoms with Crippen molar-refractivity contribution >= 4 is 17.3 Å². The second-order valence-corrected chi connectivity index (χ2v) is 3.00. The highest BCUT2D eigenvalue weighted by atomic mass is 16.1. The van der Waals surface area contributed by atoms with Crippen LogP contribution in [0.3, 0.4) is 0 Å². The van der Waals surface area contributed by atoms with E-state index in [1.54, 1.807) is 18.2 Å². The molecule has 13 heavy (non-hydrogen) atoms. The topological polar surface area (TPSA) is 42.3 Å². The minimum atomic E-state index is -0.0363.